The van der Waals surface area contributed by atoms with Gasteiger partial charge in [0.15, 0.2) is 11.5 Å². The van der Waals surface area contributed by atoms with Gasteiger partial charge in [-0.1, -0.05) is 28.9 Å². The van der Waals surface area contributed by atoms with Crippen LogP contribution in [0.25, 0.3) is 11.3 Å². The molecule has 1 aromatic heterocycles. The maximum Gasteiger partial charge on any atom is 0.275 e. The number of rotatable bonds is 4. The lowest BCUT2D eigenvalue weighted by atomic mass is 10.1. The van der Waals surface area contributed by atoms with E-state index < -0.39 is 5.60 Å². The van der Waals surface area contributed by atoms with Crippen molar-refractivity contribution in [2.45, 2.75) is 19.4 Å². The van der Waals surface area contributed by atoms with E-state index in [4.69, 9.17) is 16.1 Å². The summed E-state index contributed by atoms with van der Waals surface area (Å²) < 4.78 is 5.19. The van der Waals surface area contributed by atoms with Crippen molar-refractivity contribution < 1.29 is 14.4 Å². The summed E-state index contributed by atoms with van der Waals surface area (Å²) in [6.45, 7) is 3.47. The van der Waals surface area contributed by atoms with Crippen LogP contribution in [-0.2, 0) is 0 Å². The Hall–Kier alpha value is -1.85. The van der Waals surface area contributed by atoms with Crippen LogP contribution in [0.1, 0.15) is 24.3 Å². The number of carbonyl (C=O) groups is 1. The average Bonchev–Trinajstić information content (AvgIpc) is 2.85. The zero-order chi connectivity index (χ0) is 15.6. The number of halogens is 1. The highest BCUT2D eigenvalue weighted by molar-refractivity contribution is 6.30. The molecule has 0 saturated heterocycles. The lowest BCUT2D eigenvalue weighted by molar-refractivity contribution is 0.0362. The first-order valence-electron chi connectivity index (χ1n) is 6.47. The van der Waals surface area contributed by atoms with Gasteiger partial charge in [0.2, 0.25) is 0 Å². The van der Waals surface area contributed by atoms with E-state index in [2.05, 4.69) is 5.16 Å². The lowest BCUT2D eigenvalue weighted by Crippen LogP contribution is -2.39. The van der Waals surface area contributed by atoms with Gasteiger partial charge in [0.05, 0.1) is 5.60 Å². The fourth-order valence-corrected chi connectivity index (χ4v) is 2.19. The van der Waals surface area contributed by atoms with Crippen molar-refractivity contribution in [1.82, 2.24) is 10.1 Å². The van der Waals surface area contributed by atoms with Crippen LogP contribution < -0.4 is 0 Å². The molecule has 2 aromatic rings. The zero-order valence-corrected chi connectivity index (χ0v) is 12.9. The normalized spacial score (nSPS) is 11.5. The van der Waals surface area contributed by atoms with Gasteiger partial charge in [0.1, 0.15) is 0 Å². The van der Waals surface area contributed by atoms with Crippen LogP contribution in [0.4, 0.5) is 0 Å². The van der Waals surface area contributed by atoms with Crippen LogP contribution in [0, 0.1) is 0 Å². The van der Waals surface area contributed by atoms with Crippen LogP contribution in [0.5, 0.6) is 0 Å². The third-order valence-electron chi connectivity index (χ3n) is 2.81. The number of hydrogen-bond donors (Lipinski definition) is 1. The largest absolute Gasteiger partial charge is 0.389 e. The maximum absolute atomic E-state index is 12.2. The number of likely N-dealkylation sites (N-methyl/N-ethyl adjacent to an activating group) is 1. The molecule has 1 amide bonds. The topological polar surface area (TPSA) is 66.6 Å². The molecule has 112 valence electrons. The summed E-state index contributed by atoms with van der Waals surface area (Å²) in [5, 5.41) is 14.1. The Balaban J connectivity index is 2.18. The molecule has 2 rings (SSSR count). The molecule has 1 aromatic carbocycles. The fraction of sp³-hybridized carbons (Fsp3) is 0.333. The molecule has 0 radical (unpaired) electrons. The van der Waals surface area contributed by atoms with Crippen LogP contribution in [0.2, 0.25) is 5.02 Å². The number of nitrogens with zero attached hydrogens (tertiary/aromatic N) is 2. The quantitative estimate of drug-likeness (QED) is 0.943. The van der Waals surface area contributed by atoms with Crippen molar-refractivity contribution in [2.24, 2.45) is 0 Å². The molecule has 0 unspecified atom stereocenters. The first-order chi connectivity index (χ1) is 9.76. The first-order valence-corrected chi connectivity index (χ1v) is 6.84. The van der Waals surface area contributed by atoms with Gasteiger partial charge in [-0.25, -0.2) is 0 Å². The van der Waals surface area contributed by atoms with Crippen molar-refractivity contribution in [3.63, 3.8) is 0 Å². The minimum Gasteiger partial charge on any atom is -0.389 e. The Bertz CT molecular complexity index is 646. The van der Waals surface area contributed by atoms with E-state index in [9.17, 15) is 9.90 Å². The highest BCUT2D eigenvalue weighted by Crippen LogP contribution is 2.23. The van der Waals surface area contributed by atoms with Crippen LogP contribution in [0.15, 0.2) is 34.9 Å². The molecular formula is C15H17ClN2O3. The van der Waals surface area contributed by atoms with E-state index in [1.807, 2.05) is 6.07 Å². The second kappa shape index (κ2) is 5.87. The second-order valence-corrected chi connectivity index (χ2v) is 6.00. The Kier molecular flexibility index (Phi) is 4.34. The summed E-state index contributed by atoms with van der Waals surface area (Å²) >= 11 is 5.92. The highest BCUT2D eigenvalue weighted by Gasteiger charge is 2.23. The van der Waals surface area contributed by atoms with Gasteiger partial charge < -0.3 is 14.5 Å². The maximum atomic E-state index is 12.2. The summed E-state index contributed by atoms with van der Waals surface area (Å²) in [7, 11) is 1.61. The van der Waals surface area contributed by atoms with Gasteiger partial charge in [0, 0.05) is 30.2 Å². The van der Waals surface area contributed by atoms with Gasteiger partial charge in [-0.3, -0.25) is 4.79 Å². The SMILES string of the molecule is CN(CC(C)(C)O)C(=O)c1cc(-c2cccc(Cl)c2)on1. The summed E-state index contributed by atoms with van der Waals surface area (Å²) in [5.41, 5.74) is -0.0277. The van der Waals surface area contributed by atoms with Gasteiger partial charge >= 0.3 is 0 Å². The molecular weight excluding hydrogens is 292 g/mol. The van der Waals surface area contributed by atoms with E-state index in [1.54, 1.807) is 45.2 Å². The third-order valence-corrected chi connectivity index (χ3v) is 3.04. The Labute approximate surface area is 128 Å². The summed E-state index contributed by atoms with van der Waals surface area (Å²) in [5.74, 6) is 0.159. The summed E-state index contributed by atoms with van der Waals surface area (Å²) in [6, 6.07) is 8.67. The smallest absolute Gasteiger partial charge is 0.275 e. The lowest BCUT2D eigenvalue weighted by Gasteiger charge is -2.24. The van der Waals surface area contributed by atoms with E-state index >= 15 is 0 Å². The molecule has 0 atom stereocenters. The molecule has 0 aliphatic carbocycles. The van der Waals surface area contributed by atoms with Crippen LogP contribution in [-0.4, -0.2) is 40.3 Å². The Morgan fingerprint density at radius 2 is 2.14 bits per heavy atom. The monoisotopic (exact) mass is 308 g/mol. The van der Waals surface area contributed by atoms with E-state index in [-0.39, 0.29) is 18.1 Å². The first kappa shape index (κ1) is 15.5. The number of hydrogen-bond acceptors (Lipinski definition) is 4. The van der Waals surface area contributed by atoms with Crippen molar-refractivity contribution in [3.05, 3.63) is 41.0 Å². The summed E-state index contributed by atoms with van der Waals surface area (Å²) in [4.78, 5) is 13.6. The number of aliphatic hydroxyl groups is 1. The number of aromatic nitrogens is 1. The molecule has 6 heteroatoms. The number of benzene rings is 1. The van der Waals surface area contributed by atoms with E-state index in [0.717, 1.165) is 5.56 Å². The molecule has 0 aliphatic heterocycles. The molecule has 0 fully saturated rings. The van der Waals surface area contributed by atoms with Crippen LogP contribution in [0.3, 0.4) is 0 Å². The molecule has 1 N–H and O–H groups in total. The van der Waals surface area contributed by atoms with Crippen molar-refractivity contribution >= 4 is 17.5 Å². The van der Waals surface area contributed by atoms with E-state index in [1.165, 1.54) is 4.90 Å². The number of carbonyl (C=O) groups excluding carboxylic acids is 1. The molecule has 0 bridgehead atoms. The van der Waals surface area contributed by atoms with E-state index in [0.29, 0.717) is 10.8 Å². The van der Waals surface area contributed by atoms with Gasteiger partial charge in [0.25, 0.3) is 5.91 Å². The Morgan fingerprint density at radius 1 is 1.43 bits per heavy atom. The molecule has 1 heterocycles. The zero-order valence-electron chi connectivity index (χ0n) is 12.1. The molecule has 0 spiro atoms. The van der Waals surface area contributed by atoms with Gasteiger partial charge in [-0.2, -0.15) is 0 Å². The van der Waals surface area contributed by atoms with Crippen molar-refractivity contribution in [1.29, 1.82) is 0 Å². The predicted octanol–water partition coefficient (Wildman–Crippen LogP) is 2.84. The summed E-state index contributed by atoms with van der Waals surface area (Å²) in [6.07, 6.45) is 0. The highest BCUT2D eigenvalue weighted by atomic mass is 35.5. The number of amides is 1. The Morgan fingerprint density at radius 3 is 2.76 bits per heavy atom. The minimum absolute atomic E-state index is 0.191. The minimum atomic E-state index is -0.968. The third kappa shape index (κ3) is 4.06. The van der Waals surface area contributed by atoms with Gasteiger partial charge in [-0.15, -0.1) is 0 Å². The van der Waals surface area contributed by atoms with Crippen LogP contribution >= 0.6 is 11.6 Å². The van der Waals surface area contributed by atoms with Crippen molar-refractivity contribution in [2.75, 3.05) is 13.6 Å². The average molecular weight is 309 g/mol. The standard InChI is InChI=1S/C15H17ClN2O3/c1-15(2,20)9-18(3)14(19)12-8-13(21-17-12)10-5-4-6-11(16)7-10/h4-8,20H,9H2,1-3H3. The fourth-order valence-electron chi connectivity index (χ4n) is 2.00. The van der Waals surface area contributed by atoms with Gasteiger partial charge in [-0.05, 0) is 26.0 Å². The van der Waals surface area contributed by atoms with Crippen molar-refractivity contribution in [3.8, 4) is 11.3 Å². The molecule has 21 heavy (non-hydrogen) atoms. The molecule has 5 nitrogen and oxygen atoms in total. The molecule has 0 aliphatic rings. The predicted molar refractivity (Wildman–Crippen MR) is 80.2 cm³/mol. The molecule has 0 saturated carbocycles. The second-order valence-electron chi connectivity index (χ2n) is 5.56.